The number of aliphatic carboxylic acids is 1. The summed E-state index contributed by atoms with van der Waals surface area (Å²) in [5.41, 5.74) is 7.95. The van der Waals surface area contributed by atoms with Crippen LogP contribution in [0.15, 0.2) is 77.9 Å². The molecule has 0 aliphatic heterocycles. The van der Waals surface area contributed by atoms with Gasteiger partial charge in [-0.25, -0.2) is 4.79 Å². The molecule has 0 heterocycles. The van der Waals surface area contributed by atoms with Gasteiger partial charge < -0.3 is 21.6 Å². The van der Waals surface area contributed by atoms with Gasteiger partial charge in [-0.1, -0.05) is 71.7 Å². The molecule has 0 aliphatic rings. The molecule has 1 atom stereocenters. The number of hydrogen-bond donors (Lipinski definition) is 3. The van der Waals surface area contributed by atoms with Gasteiger partial charge in [0.15, 0.2) is 0 Å². The summed E-state index contributed by atoms with van der Waals surface area (Å²) in [4.78, 5) is 27.2. The van der Waals surface area contributed by atoms with Gasteiger partial charge in [-0.3, -0.25) is 4.79 Å². The van der Waals surface area contributed by atoms with E-state index in [0.717, 1.165) is 5.56 Å². The number of hydrazone groups is 1. The Labute approximate surface area is 201 Å². The number of nitrogens with two attached hydrogens (primary N) is 2. The summed E-state index contributed by atoms with van der Waals surface area (Å²) in [5, 5.41) is 14.1. The number of carbonyl (C=O) groups is 2. The molecule has 0 spiro atoms. The van der Waals surface area contributed by atoms with Crippen LogP contribution < -0.4 is 11.6 Å². The van der Waals surface area contributed by atoms with Gasteiger partial charge in [0.2, 0.25) is 0 Å². The van der Waals surface area contributed by atoms with Crippen molar-refractivity contribution in [2.45, 2.75) is 19.0 Å². The van der Waals surface area contributed by atoms with Gasteiger partial charge in [0.25, 0.3) is 5.91 Å². The van der Waals surface area contributed by atoms with E-state index in [9.17, 15) is 14.7 Å². The van der Waals surface area contributed by atoms with Crippen molar-refractivity contribution in [3.8, 4) is 0 Å². The third kappa shape index (κ3) is 6.03. The zero-order valence-corrected chi connectivity index (χ0v) is 19.0. The normalized spacial score (nSPS) is 12.2. The number of halogens is 2. The van der Waals surface area contributed by atoms with E-state index < -0.39 is 17.9 Å². The number of amides is 1. The van der Waals surface area contributed by atoms with Crippen LogP contribution in [-0.2, 0) is 17.8 Å². The number of nitrogens with zero attached hydrogens (tertiary/aromatic N) is 2. The molecule has 0 unspecified atom stereocenters. The van der Waals surface area contributed by atoms with E-state index in [1.54, 1.807) is 24.3 Å². The van der Waals surface area contributed by atoms with Crippen molar-refractivity contribution in [2.75, 3.05) is 0 Å². The minimum Gasteiger partial charge on any atom is -0.480 e. The van der Waals surface area contributed by atoms with Crippen LogP contribution in [0.2, 0.25) is 10.0 Å². The predicted molar refractivity (Wildman–Crippen MR) is 129 cm³/mol. The Morgan fingerprint density at radius 2 is 1.67 bits per heavy atom. The van der Waals surface area contributed by atoms with Crippen LogP contribution in [0.3, 0.4) is 0 Å². The maximum absolute atomic E-state index is 13.6. The molecule has 0 bridgehead atoms. The van der Waals surface area contributed by atoms with Gasteiger partial charge >= 0.3 is 5.97 Å². The zero-order chi connectivity index (χ0) is 24.0. The van der Waals surface area contributed by atoms with E-state index in [1.807, 2.05) is 30.3 Å². The lowest BCUT2D eigenvalue weighted by Crippen LogP contribution is -2.46. The van der Waals surface area contributed by atoms with E-state index in [2.05, 4.69) is 5.10 Å². The molecule has 0 aliphatic carbocycles. The molecule has 9 heteroatoms. The Balaban J connectivity index is 2.04. The molecule has 0 radical (unpaired) electrons. The second kappa shape index (κ2) is 10.8. The third-order valence-corrected chi connectivity index (χ3v) is 5.62. The first-order valence-electron chi connectivity index (χ1n) is 9.95. The van der Waals surface area contributed by atoms with E-state index >= 15 is 0 Å². The topological polar surface area (TPSA) is 122 Å². The van der Waals surface area contributed by atoms with Gasteiger partial charge in [-0.05, 0) is 35.4 Å². The van der Waals surface area contributed by atoms with Crippen LogP contribution >= 0.6 is 23.2 Å². The third-order valence-electron chi connectivity index (χ3n) is 5.07. The van der Waals surface area contributed by atoms with E-state index in [0.29, 0.717) is 16.1 Å². The molecule has 1 amide bonds. The molecule has 33 heavy (non-hydrogen) atoms. The Morgan fingerprint density at radius 3 is 2.30 bits per heavy atom. The summed E-state index contributed by atoms with van der Waals surface area (Å²) in [7, 11) is 0. The molecule has 7 nitrogen and oxygen atoms in total. The molecule has 0 fully saturated rings. The van der Waals surface area contributed by atoms with E-state index in [1.165, 1.54) is 23.1 Å². The highest BCUT2D eigenvalue weighted by Crippen LogP contribution is 2.25. The van der Waals surface area contributed by atoms with Crippen molar-refractivity contribution < 1.29 is 14.7 Å². The zero-order valence-electron chi connectivity index (χ0n) is 17.5. The Hall–Kier alpha value is -3.55. The van der Waals surface area contributed by atoms with Crippen LogP contribution in [0.5, 0.6) is 0 Å². The first-order chi connectivity index (χ1) is 15.8. The lowest BCUT2D eigenvalue weighted by Gasteiger charge is -2.30. The maximum atomic E-state index is 13.6. The summed E-state index contributed by atoms with van der Waals surface area (Å²) in [6.07, 6.45) is 0.110. The first kappa shape index (κ1) is 24.1. The number of carboxylic acid groups (broad SMARTS) is 1. The Kier molecular flexibility index (Phi) is 7.92. The highest BCUT2D eigenvalue weighted by molar-refractivity contribution is 6.36. The fourth-order valence-electron chi connectivity index (χ4n) is 3.41. The molecule has 0 aromatic heterocycles. The van der Waals surface area contributed by atoms with Crippen molar-refractivity contribution in [1.82, 2.24) is 4.90 Å². The summed E-state index contributed by atoms with van der Waals surface area (Å²) in [6, 6.07) is 19.3. The Morgan fingerprint density at radius 1 is 0.970 bits per heavy atom. The molecule has 3 aromatic rings. The fraction of sp³-hybridized carbons (Fsp3) is 0.125. The SMILES string of the molecule is N/N=C(\N)c1cccc(CN(C(=O)c2ccc(Cl)cc2Cl)[C@@H](Cc2ccccc2)C(=O)O)c1. The quantitative estimate of drug-likeness (QED) is 0.193. The molecular formula is C24H22Cl2N4O3. The fourth-order valence-corrected chi connectivity index (χ4v) is 3.90. The van der Waals surface area contributed by atoms with Crippen molar-refractivity contribution >= 4 is 40.9 Å². The molecular weight excluding hydrogens is 463 g/mol. The van der Waals surface area contributed by atoms with Crippen LogP contribution in [0.25, 0.3) is 0 Å². The van der Waals surface area contributed by atoms with Crippen LogP contribution in [-0.4, -0.2) is 33.8 Å². The number of benzene rings is 3. The number of carbonyl (C=O) groups excluding carboxylic acids is 1. The minimum atomic E-state index is -1.16. The molecule has 3 aromatic carbocycles. The monoisotopic (exact) mass is 484 g/mol. The van der Waals surface area contributed by atoms with Gasteiger partial charge in [0, 0.05) is 23.6 Å². The predicted octanol–water partition coefficient (Wildman–Crippen LogP) is 3.91. The van der Waals surface area contributed by atoms with Gasteiger partial charge in [-0.15, -0.1) is 0 Å². The smallest absolute Gasteiger partial charge is 0.326 e. The molecule has 170 valence electrons. The van der Waals surface area contributed by atoms with Crippen LogP contribution in [0, 0.1) is 0 Å². The second-order valence-corrected chi connectivity index (χ2v) is 8.16. The molecule has 0 saturated carbocycles. The van der Waals surface area contributed by atoms with Crippen molar-refractivity contribution in [1.29, 1.82) is 0 Å². The lowest BCUT2D eigenvalue weighted by atomic mass is 10.0. The number of carboxylic acids is 1. The summed E-state index contributed by atoms with van der Waals surface area (Å²) in [6.45, 7) is -0.00667. The van der Waals surface area contributed by atoms with E-state index in [-0.39, 0.29) is 29.4 Å². The van der Waals surface area contributed by atoms with E-state index in [4.69, 9.17) is 34.8 Å². The Bertz CT molecular complexity index is 1190. The second-order valence-electron chi connectivity index (χ2n) is 7.32. The van der Waals surface area contributed by atoms with Crippen molar-refractivity contribution in [2.24, 2.45) is 16.7 Å². The van der Waals surface area contributed by atoms with Crippen molar-refractivity contribution in [3.63, 3.8) is 0 Å². The average Bonchev–Trinajstić information content (AvgIpc) is 2.81. The van der Waals surface area contributed by atoms with Gasteiger partial charge in [0.05, 0.1) is 10.6 Å². The largest absolute Gasteiger partial charge is 0.480 e. The highest BCUT2D eigenvalue weighted by Gasteiger charge is 2.32. The number of amidine groups is 1. The molecule has 3 rings (SSSR count). The van der Waals surface area contributed by atoms with Gasteiger partial charge in [0.1, 0.15) is 11.9 Å². The average molecular weight is 485 g/mol. The number of rotatable bonds is 8. The van der Waals surface area contributed by atoms with Crippen LogP contribution in [0.4, 0.5) is 0 Å². The number of hydrogen-bond acceptors (Lipinski definition) is 4. The minimum absolute atomic E-state index is 0.00667. The summed E-state index contributed by atoms with van der Waals surface area (Å²) < 4.78 is 0. The van der Waals surface area contributed by atoms with Gasteiger partial charge in [-0.2, -0.15) is 5.10 Å². The molecule has 0 saturated heterocycles. The maximum Gasteiger partial charge on any atom is 0.326 e. The summed E-state index contributed by atoms with van der Waals surface area (Å²) >= 11 is 12.3. The standard InChI is InChI=1S/C24H22Cl2N4O3/c25-18-9-10-19(20(26)13-18)23(31)30(14-16-7-4-8-17(11-16)22(27)29-28)21(24(32)33)12-15-5-2-1-3-6-15/h1-11,13,21H,12,14,28H2,(H2,27,29)(H,32,33)/t21-/m0/s1. The lowest BCUT2D eigenvalue weighted by molar-refractivity contribution is -0.142. The molecule has 5 N–H and O–H groups in total. The highest BCUT2D eigenvalue weighted by atomic mass is 35.5. The first-order valence-corrected chi connectivity index (χ1v) is 10.7. The van der Waals surface area contributed by atoms with Crippen molar-refractivity contribution in [3.05, 3.63) is 105 Å². The van der Waals surface area contributed by atoms with Crippen LogP contribution in [0.1, 0.15) is 27.0 Å². The summed E-state index contributed by atoms with van der Waals surface area (Å²) in [5.74, 6) is 3.72.